The molecule has 0 saturated heterocycles. The second-order valence-electron chi connectivity index (χ2n) is 4.70. The predicted octanol–water partition coefficient (Wildman–Crippen LogP) is 3.83. The summed E-state index contributed by atoms with van der Waals surface area (Å²) < 4.78 is 5.55. The van der Waals surface area contributed by atoms with Crippen molar-refractivity contribution in [3.63, 3.8) is 0 Å². The van der Waals surface area contributed by atoms with Gasteiger partial charge in [0.2, 0.25) is 0 Å². The van der Waals surface area contributed by atoms with Gasteiger partial charge in [-0.1, -0.05) is 30.3 Å². The smallest absolute Gasteiger partial charge is 0.343 e. The molecule has 2 rings (SSSR count). The van der Waals surface area contributed by atoms with Crippen LogP contribution in [-0.2, 0) is 11.3 Å². The maximum atomic E-state index is 12.2. The van der Waals surface area contributed by atoms with Crippen LogP contribution in [0.5, 0.6) is 11.5 Å². The first-order chi connectivity index (χ1) is 9.93. The summed E-state index contributed by atoms with van der Waals surface area (Å²) in [5, 5.41) is 19.9. The van der Waals surface area contributed by atoms with Gasteiger partial charge in [0.15, 0.2) is 0 Å². The summed E-state index contributed by atoms with van der Waals surface area (Å²) in [5.41, 5.74) is 1.62. The SMILES string of the molecule is Cc1c(O)c(C)c(Br)c(C(=O)OCc2ccccc2)c1O. The van der Waals surface area contributed by atoms with Crippen molar-refractivity contribution in [2.75, 3.05) is 0 Å². The first kappa shape index (κ1) is 15.4. The molecule has 5 heteroatoms. The lowest BCUT2D eigenvalue weighted by molar-refractivity contribution is 0.0468. The maximum absolute atomic E-state index is 12.2. The largest absolute Gasteiger partial charge is 0.507 e. The molecule has 0 aromatic heterocycles. The summed E-state index contributed by atoms with van der Waals surface area (Å²) in [6, 6.07) is 9.27. The van der Waals surface area contributed by atoms with E-state index >= 15 is 0 Å². The Morgan fingerprint density at radius 1 is 1.10 bits per heavy atom. The Morgan fingerprint density at radius 2 is 1.71 bits per heavy atom. The van der Waals surface area contributed by atoms with Gasteiger partial charge in [-0.15, -0.1) is 0 Å². The number of carbonyl (C=O) groups is 1. The van der Waals surface area contributed by atoms with Crippen LogP contribution in [0.3, 0.4) is 0 Å². The molecular weight excluding hydrogens is 336 g/mol. The van der Waals surface area contributed by atoms with Crippen LogP contribution in [0.15, 0.2) is 34.8 Å². The van der Waals surface area contributed by atoms with Crippen molar-refractivity contribution in [2.45, 2.75) is 20.5 Å². The summed E-state index contributed by atoms with van der Waals surface area (Å²) in [6.07, 6.45) is 0. The first-order valence-corrected chi connectivity index (χ1v) is 7.14. The van der Waals surface area contributed by atoms with Crippen molar-refractivity contribution in [1.82, 2.24) is 0 Å². The van der Waals surface area contributed by atoms with Crippen molar-refractivity contribution in [2.24, 2.45) is 0 Å². The normalized spacial score (nSPS) is 10.4. The highest BCUT2D eigenvalue weighted by atomic mass is 79.9. The van der Waals surface area contributed by atoms with E-state index in [1.165, 1.54) is 6.92 Å². The van der Waals surface area contributed by atoms with E-state index in [0.29, 0.717) is 10.0 Å². The Labute approximate surface area is 131 Å². The second kappa shape index (κ2) is 6.18. The molecule has 0 fully saturated rings. The average molecular weight is 351 g/mol. The minimum Gasteiger partial charge on any atom is -0.507 e. The fraction of sp³-hybridized carbons (Fsp3) is 0.188. The minimum atomic E-state index is -0.644. The molecule has 0 aliphatic carbocycles. The molecule has 2 N–H and O–H groups in total. The summed E-state index contributed by atoms with van der Waals surface area (Å²) >= 11 is 3.22. The summed E-state index contributed by atoms with van der Waals surface area (Å²) in [4.78, 5) is 12.2. The van der Waals surface area contributed by atoms with Gasteiger partial charge in [-0.2, -0.15) is 0 Å². The number of ether oxygens (including phenoxy) is 1. The Kier molecular flexibility index (Phi) is 4.53. The summed E-state index contributed by atoms with van der Waals surface area (Å²) in [7, 11) is 0. The minimum absolute atomic E-state index is 0.0266. The fourth-order valence-corrected chi connectivity index (χ4v) is 2.50. The van der Waals surface area contributed by atoms with E-state index in [1.807, 2.05) is 30.3 Å². The lowest BCUT2D eigenvalue weighted by Gasteiger charge is -2.14. The fourth-order valence-electron chi connectivity index (χ4n) is 1.96. The van der Waals surface area contributed by atoms with Gasteiger partial charge in [-0.3, -0.25) is 0 Å². The zero-order valence-corrected chi connectivity index (χ0v) is 13.3. The molecule has 0 atom stereocenters. The third-order valence-corrected chi connectivity index (χ3v) is 4.26. The molecular formula is C16H15BrO4. The third-order valence-electron chi connectivity index (χ3n) is 3.27. The van der Waals surface area contributed by atoms with E-state index in [9.17, 15) is 15.0 Å². The van der Waals surface area contributed by atoms with Crippen LogP contribution in [0.25, 0.3) is 0 Å². The van der Waals surface area contributed by atoms with Crippen molar-refractivity contribution < 1.29 is 19.7 Å². The van der Waals surface area contributed by atoms with E-state index in [4.69, 9.17) is 4.74 Å². The third kappa shape index (κ3) is 3.03. The Morgan fingerprint density at radius 3 is 2.33 bits per heavy atom. The average Bonchev–Trinajstić information content (AvgIpc) is 2.50. The quantitative estimate of drug-likeness (QED) is 0.825. The zero-order valence-electron chi connectivity index (χ0n) is 11.7. The Bertz CT molecular complexity index is 651. The number of rotatable bonds is 3. The number of hydrogen-bond acceptors (Lipinski definition) is 4. The molecule has 0 bridgehead atoms. The van der Waals surface area contributed by atoms with Crippen LogP contribution < -0.4 is 0 Å². The highest BCUT2D eigenvalue weighted by Gasteiger charge is 2.23. The van der Waals surface area contributed by atoms with Crippen LogP contribution in [0.1, 0.15) is 27.0 Å². The monoisotopic (exact) mass is 350 g/mol. The van der Waals surface area contributed by atoms with Crippen LogP contribution in [0.4, 0.5) is 0 Å². The van der Waals surface area contributed by atoms with E-state index in [2.05, 4.69) is 15.9 Å². The van der Waals surface area contributed by atoms with Crippen LogP contribution in [0.2, 0.25) is 0 Å². The number of esters is 1. The van der Waals surface area contributed by atoms with E-state index < -0.39 is 5.97 Å². The van der Waals surface area contributed by atoms with Gasteiger partial charge in [-0.05, 0) is 35.3 Å². The number of hydrogen-bond donors (Lipinski definition) is 2. The molecule has 0 aliphatic rings. The molecule has 2 aromatic rings. The summed E-state index contributed by atoms with van der Waals surface area (Å²) in [6.45, 7) is 3.31. The van der Waals surface area contributed by atoms with Gasteiger partial charge in [-0.25, -0.2) is 4.79 Å². The molecule has 0 heterocycles. The number of halogens is 1. The van der Waals surface area contributed by atoms with Gasteiger partial charge in [0.25, 0.3) is 0 Å². The lowest BCUT2D eigenvalue weighted by Crippen LogP contribution is -2.08. The molecule has 110 valence electrons. The standard InChI is InChI=1S/C16H15BrO4/c1-9-13(17)12(15(19)10(2)14(9)18)16(20)21-8-11-6-4-3-5-7-11/h3-7,18-19H,8H2,1-2H3. The topological polar surface area (TPSA) is 66.8 Å². The first-order valence-electron chi connectivity index (χ1n) is 6.35. The molecule has 0 unspecified atom stereocenters. The van der Waals surface area contributed by atoms with Gasteiger partial charge in [0.05, 0.1) is 0 Å². The zero-order chi connectivity index (χ0) is 15.6. The van der Waals surface area contributed by atoms with Crippen molar-refractivity contribution >= 4 is 21.9 Å². The molecule has 0 radical (unpaired) electrons. The lowest BCUT2D eigenvalue weighted by atomic mass is 10.0. The van der Waals surface area contributed by atoms with Crippen molar-refractivity contribution in [3.8, 4) is 11.5 Å². The van der Waals surface area contributed by atoms with Gasteiger partial charge >= 0.3 is 5.97 Å². The Balaban J connectivity index is 2.28. The number of carbonyl (C=O) groups excluding carboxylic acids is 1. The molecule has 0 spiro atoms. The number of phenols is 2. The number of benzene rings is 2. The Hall–Kier alpha value is -2.01. The molecule has 0 amide bonds. The number of aromatic hydroxyl groups is 2. The molecule has 21 heavy (non-hydrogen) atoms. The van der Waals surface area contributed by atoms with Crippen molar-refractivity contribution in [1.29, 1.82) is 0 Å². The second-order valence-corrected chi connectivity index (χ2v) is 5.49. The van der Waals surface area contributed by atoms with E-state index in [0.717, 1.165) is 5.56 Å². The predicted molar refractivity (Wildman–Crippen MR) is 82.5 cm³/mol. The van der Waals surface area contributed by atoms with Gasteiger partial charge < -0.3 is 14.9 Å². The van der Waals surface area contributed by atoms with Crippen LogP contribution in [0, 0.1) is 13.8 Å². The number of phenolic OH excluding ortho intramolecular Hbond substituents is 2. The van der Waals surface area contributed by atoms with Crippen LogP contribution in [-0.4, -0.2) is 16.2 Å². The molecule has 4 nitrogen and oxygen atoms in total. The van der Waals surface area contributed by atoms with Gasteiger partial charge in [0, 0.05) is 15.6 Å². The van der Waals surface area contributed by atoms with E-state index in [1.54, 1.807) is 6.92 Å². The molecule has 0 saturated carbocycles. The summed E-state index contributed by atoms with van der Waals surface area (Å²) in [5.74, 6) is -0.962. The van der Waals surface area contributed by atoms with E-state index in [-0.39, 0.29) is 29.2 Å². The molecule has 0 aliphatic heterocycles. The van der Waals surface area contributed by atoms with Crippen LogP contribution >= 0.6 is 15.9 Å². The van der Waals surface area contributed by atoms with Gasteiger partial charge in [0.1, 0.15) is 23.7 Å². The highest BCUT2D eigenvalue weighted by molar-refractivity contribution is 9.10. The highest BCUT2D eigenvalue weighted by Crippen LogP contribution is 2.40. The maximum Gasteiger partial charge on any atom is 0.343 e. The van der Waals surface area contributed by atoms with Crippen molar-refractivity contribution in [3.05, 3.63) is 57.1 Å². The molecule has 2 aromatic carbocycles.